The van der Waals surface area contributed by atoms with Crippen LogP contribution in [-0.2, 0) is 11.3 Å². The summed E-state index contributed by atoms with van der Waals surface area (Å²) in [7, 11) is 0. The minimum atomic E-state index is -0.532. The van der Waals surface area contributed by atoms with E-state index >= 15 is 0 Å². The van der Waals surface area contributed by atoms with Gasteiger partial charge in [-0.3, -0.25) is 14.5 Å². The van der Waals surface area contributed by atoms with Gasteiger partial charge in [0.1, 0.15) is 6.17 Å². The SMILES string of the molecule is C=CCCC(=O)N1c2ccccc2C(=O)N(Cc2ccccc2)C1/C=C/c1ccccc1. The quantitative estimate of drug-likeness (QED) is 0.460. The van der Waals surface area contributed by atoms with Crippen molar-refractivity contribution in [3.05, 3.63) is 120 Å². The monoisotopic (exact) mass is 422 g/mol. The Labute approximate surface area is 189 Å². The van der Waals surface area contributed by atoms with Crippen molar-refractivity contribution in [2.45, 2.75) is 25.6 Å². The van der Waals surface area contributed by atoms with Crippen LogP contribution in [0.3, 0.4) is 0 Å². The number of hydrogen-bond donors (Lipinski definition) is 0. The highest BCUT2D eigenvalue weighted by Crippen LogP contribution is 2.33. The van der Waals surface area contributed by atoms with Gasteiger partial charge in [0.15, 0.2) is 0 Å². The van der Waals surface area contributed by atoms with Crippen molar-refractivity contribution in [1.82, 2.24) is 4.90 Å². The summed E-state index contributed by atoms with van der Waals surface area (Å²) in [4.78, 5) is 30.4. The fourth-order valence-corrected chi connectivity index (χ4v) is 3.95. The maximum atomic E-state index is 13.6. The molecule has 32 heavy (non-hydrogen) atoms. The van der Waals surface area contributed by atoms with E-state index in [1.165, 1.54) is 0 Å². The Morgan fingerprint density at radius 1 is 0.906 bits per heavy atom. The number of amides is 2. The smallest absolute Gasteiger partial charge is 0.258 e. The summed E-state index contributed by atoms with van der Waals surface area (Å²) in [5.74, 6) is -0.120. The first-order valence-electron chi connectivity index (χ1n) is 10.8. The molecular weight excluding hydrogens is 396 g/mol. The van der Waals surface area contributed by atoms with Gasteiger partial charge in [-0.2, -0.15) is 0 Å². The molecular formula is C28H26N2O2. The van der Waals surface area contributed by atoms with Crippen LogP contribution in [0.25, 0.3) is 6.08 Å². The van der Waals surface area contributed by atoms with Crippen LogP contribution >= 0.6 is 0 Å². The van der Waals surface area contributed by atoms with E-state index in [1.54, 1.807) is 21.9 Å². The molecule has 0 saturated heterocycles. The Morgan fingerprint density at radius 3 is 2.28 bits per heavy atom. The van der Waals surface area contributed by atoms with Gasteiger partial charge < -0.3 is 4.90 Å². The predicted molar refractivity (Wildman–Crippen MR) is 129 cm³/mol. The first-order valence-corrected chi connectivity index (χ1v) is 10.8. The fourth-order valence-electron chi connectivity index (χ4n) is 3.95. The Balaban J connectivity index is 1.80. The Morgan fingerprint density at radius 2 is 1.56 bits per heavy atom. The highest BCUT2D eigenvalue weighted by Gasteiger charge is 2.38. The minimum absolute atomic E-state index is 0.0365. The van der Waals surface area contributed by atoms with Gasteiger partial charge in [0, 0.05) is 13.0 Å². The molecule has 4 rings (SSSR count). The number of benzene rings is 3. The Kier molecular flexibility index (Phi) is 6.61. The number of hydrogen-bond acceptors (Lipinski definition) is 2. The van der Waals surface area contributed by atoms with Crippen LogP contribution in [0.2, 0.25) is 0 Å². The van der Waals surface area contributed by atoms with Gasteiger partial charge >= 0.3 is 0 Å². The zero-order valence-electron chi connectivity index (χ0n) is 17.9. The Bertz CT molecular complexity index is 1120. The molecule has 0 spiro atoms. The second-order valence-corrected chi connectivity index (χ2v) is 7.71. The molecule has 1 aliphatic rings. The number of fused-ring (bicyclic) bond motifs is 1. The molecule has 3 aromatic carbocycles. The minimum Gasteiger partial charge on any atom is -0.310 e. The van der Waals surface area contributed by atoms with E-state index in [1.807, 2.05) is 91.0 Å². The Hall–Kier alpha value is -3.92. The van der Waals surface area contributed by atoms with Gasteiger partial charge in [0.25, 0.3) is 5.91 Å². The van der Waals surface area contributed by atoms with E-state index in [-0.39, 0.29) is 11.8 Å². The molecule has 4 heteroatoms. The molecule has 0 bridgehead atoms. The molecule has 0 saturated carbocycles. The van der Waals surface area contributed by atoms with Gasteiger partial charge in [-0.25, -0.2) is 0 Å². The van der Waals surface area contributed by atoms with Crippen LogP contribution in [0.4, 0.5) is 5.69 Å². The number of carbonyl (C=O) groups excluding carboxylic acids is 2. The normalized spacial score (nSPS) is 15.6. The van der Waals surface area contributed by atoms with Gasteiger partial charge in [0.2, 0.25) is 5.91 Å². The topological polar surface area (TPSA) is 40.6 Å². The number of nitrogens with zero attached hydrogens (tertiary/aromatic N) is 2. The third-order valence-corrected chi connectivity index (χ3v) is 5.53. The van der Waals surface area contributed by atoms with Gasteiger partial charge in [-0.15, -0.1) is 6.58 Å². The molecule has 1 aliphatic heterocycles. The molecule has 0 aromatic heterocycles. The van der Waals surface area contributed by atoms with E-state index in [0.717, 1.165) is 11.1 Å². The van der Waals surface area contributed by atoms with Gasteiger partial charge in [0.05, 0.1) is 11.3 Å². The van der Waals surface area contributed by atoms with Crippen LogP contribution in [0.15, 0.2) is 104 Å². The maximum Gasteiger partial charge on any atom is 0.258 e. The highest BCUT2D eigenvalue weighted by atomic mass is 16.2. The summed E-state index contributed by atoms with van der Waals surface area (Å²) in [5, 5.41) is 0. The van der Waals surface area contributed by atoms with Crippen molar-refractivity contribution in [3.63, 3.8) is 0 Å². The van der Waals surface area contributed by atoms with E-state index in [2.05, 4.69) is 6.58 Å². The molecule has 1 unspecified atom stereocenters. The first-order chi connectivity index (χ1) is 15.7. The lowest BCUT2D eigenvalue weighted by molar-refractivity contribution is -0.119. The van der Waals surface area contributed by atoms with Crippen molar-refractivity contribution in [2.75, 3.05) is 4.90 Å². The molecule has 0 radical (unpaired) electrons. The molecule has 1 atom stereocenters. The number of carbonyl (C=O) groups is 2. The van der Waals surface area contributed by atoms with E-state index in [4.69, 9.17) is 0 Å². The lowest BCUT2D eigenvalue weighted by Gasteiger charge is -2.43. The average molecular weight is 423 g/mol. The largest absolute Gasteiger partial charge is 0.310 e. The van der Waals surface area contributed by atoms with Crippen LogP contribution in [0.1, 0.15) is 34.3 Å². The van der Waals surface area contributed by atoms with Crippen molar-refractivity contribution in [1.29, 1.82) is 0 Å². The van der Waals surface area contributed by atoms with Crippen molar-refractivity contribution in [2.24, 2.45) is 0 Å². The summed E-state index contributed by atoms with van der Waals surface area (Å²) in [6.07, 6.45) is 6.04. The van der Waals surface area contributed by atoms with E-state index in [0.29, 0.717) is 30.6 Å². The third-order valence-electron chi connectivity index (χ3n) is 5.53. The fraction of sp³-hybridized carbons (Fsp3) is 0.143. The van der Waals surface area contributed by atoms with Gasteiger partial charge in [-0.1, -0.05) is 84.9 Å². The lowest BCUT2D eigenvalue weighted by Crippen LogP contribution is -2.56. The van der Waals surface area contributed by atoms with Crippen LogP contribution < -0.4 is 4.90 Å². The molecule has 160 valence electrons. The zero-order valence-corrected chi connectivity index (χ0v) is 17.9. The molecule has 3 aromatic rings. The zero-order chi connectivity index (χ0) is 22.3. The number of allylic oxidation sites excluding steroid dienone is 1. The second kappa shape index (κ2) is 9.92. The van der Waals surface area contributed by atoms with Crippen molar-refractivity contribution >= 4 is 23.6 Å². The van der Waals surface area contributed by atoms with Crippen LogP contribution in [0.5, 0.6) is 0 Å². The first kappa shape index (κ1) is 21.3. The summed E-state index contributed by atoms with van der Waals surface area (Å²) < 4.78 is 0. The molecule has 0 N–H and O–H groups in total. The van der Waals surface area contributed by atoms with Crippen LogP contribution in [-0.4, -0.2) is 22.9 Å². The average Bonchev–Trinajstić information content (AvgIpc) is 2.84. The maximum absolute atomic E-state index is 13.6. The molecule has 0 aliphatic carbocycles. The molecule has 4 nitrogen and oxygen atoms in total. The predicted octanol–water partition coefficient (Wildman–Crippen LogP) is 5.68. The standard InChI is InChI=1S/C28H26N2O2/c1-2-3-18-27(31)30-25-17-11-10-16-24(25)28(32)29(21-23-14-8-5-9-15-23)26(30)20-19-22-12-6-4-7-13-22/h2,4-17,19-20,26H,1,3,18,21H2/b20-19+. The number of anilines is 1. The number of rotatable bonds is 7. The summed E-state index contributed by atoms with van der Waals surface area (Å²) >= 11 is 0. The lowest BCUT2D eigenvalue weighted by atomic mass is 10.0. The van der Waals surface area contributed by atoms with Crippen LogP contribution in [0, 0.1) is 0 Å². The van der Waals surface area contributed by atoms with Gasteiger partial charge in [-0.05, 0) is 35.8 Å². The van der Waals surface area contributed by atoms with Crippen molar-refractivity contribution in [3.8, 4) is 0 Å². The van der Waals surface area contributed by atoms with E-state index < -0.39 is 6.17 Å². The summed E-state index contributed by atoms with van der Waals surface area (Å²) in [6, 6.07) is 27.1. The summed E-state index contributed by atoms with van der Waals surface area (Å²) in [6.45, 7) is 4.16. The molecule has 1 heterocycles. The highest BCUT2D eigenvalue weighted by molar-refractivity contribution is 6.08. The molecule has 2 amide bonds. The number of para-hydroxylation sites is 1. The van der Waals surface area contributed by atoms with Crippen molar-refractivity contribution < 1.29 is 9.59 Å². The second-order valence-electron chi connectivity index (χ2n) is 7.71. The molecule has 0 fully saturated rings. The van der Waals surface area contributed by atoms with E-state index in [9.17, 15) is 9.59 Å². The summed E-state index contributed by atoms with van der Waals surface area (Å²) in [5.41, 5.74) is 3.21. The third kappa shape index (κ3) is 4.54.